The van der Waals surface area contributed by atoms with E-state index in [1.807, 2.05) is 0 Å². The number of hydrogen-bond donors (Lipinski definition) is 2. The third kappa shape index (κ3) is 4.91. The van der Waals surface area contributed by atoms with Gasteiger partial charge in [0.05, 0.1) is 0 Å². The number of piperidine rings is 1. The second-order valence-electron chi connectivity index (χ2n) is 4.42. The molecule has 0 spiro atoms. The molecule has 0 bridgehead atoms. The highest BCUT2D eigenvalue weighted by Crippen LogP contribution is 2.24. The van der Waals surface area contributed by atoms with Crippen LogP contribution in [0.5, 0.6) is 0 Å². The molecule has 2 unspecified atom stereocenters. The summed E-state index contributed by atoms with van der Waals surface area (Å²) in [5.41, 5.74) is 0. The van der Waals surface area contributed by atoms with Gasteiger partial charge in [-0.2, -0.15) is 13.2 Å². The van der Waals surface area contributed by atoms with Crippen molar-refractivity contribution in [1.29, 1.82) is 0 Å². The lowest BCUT2D eigenvalue weighted by Gasteiger charge is -2.33. The molecule has 0 aromatic heterocycles. The van der Waals surface area contributed by atoms with Crippen LogP contribution in [-0.2, 0) is 4.79 Å². The monoisotopic (exact) mass is 255 g/mol. The Hall–Kier alpha value is -0.820. The molecule has 0 aromatic carbocycles. The third-order valence-corrected chi connectivity index (χ3v) is 2.88. The SMILES string of the molecule is O=C(O)CC1CCCN(CC(O)C(F)(F)F)C1. The van der Waals surface area contributed by atoms with Gasteiger partial charge in [-0.1, -0.05) is 0 Å². The number of likely N-dealkylation sites (tertiary alicyclic amines) is 1. The molecule has 1 aliphatic rings. The number of aliphatic hydroxyl groups excluding tert-OH is 1. The van der Waals surface area contributed by atoms with E-state index in [9.17, 15) is 18.0 Å². The highest BCUT2D eigenvalue weighted by molar-refractivity contribution is 5.67. The van der Waals surface area contributed by atoms with Gasteiger partial charge in [0.2, 0.25) is 0 Å². The van der Waals surface area contributed by atoms with Crippen molar-refractivity contribution in [3.63, 3.8) is 0 Å². The molecule has 0 radical (unpaired) electrons. The molecular weight excluding hydrogens is 239 g/mol. The standard InChI is InChI=1S/C10H16F3NO3/c11-10(12,13)8(15)6-14-3-1-2-7(5-14)4-9(16)17/h7-8,15H,1-6H2,(H,16,17). The van der Waals surface area contributed by atoms with Gasteiger partial charge in [-0.05, 0) is 25.3 Å². The van der Waals surface area contributed by atoms with Gasteiger partial charge in [0.1, 0.15) is 0 Å². The van der Waals surface area contributed by atoms with E-state index in [2.05, 4.69) is 0 Å². The number of carbonyl (C=O) groups is 1. The Labute approximate surface area is 97.0 Å². The smallest absolute Gasteiger partial charge is 0.415 e. The Balaban J connectivity index is 2.42. The first-order chi connectivity index (χ1) is 7.79. The predicted octanol–water partition coefficient (Wildman–Crippen LogP) is 1.10. The number of carboxylic acids is 1. The fourth-order valence-electron chi connectivity index (χ4n) is 2.08. The Morgan fingerprint density at radius 2 is 2.12 bits per heavy atom. The first kappa shape index (κ1) is 14.2. The molecule has 7 heteroatoms. The highest BCUT2D eigenvalue weighted by atomic mass is 19.4. The van der Waals surface area contributed by atoms with Crippen molar-refractivity contribution in [3.8, 4) is 0 Å². The maximum Gasteiger partial charge on any atom is 0.415 e. The molecule has 2 atom stereocenters. The normalized spacial score (nSPS) is 24.6. The molecule has 0 saturated carbocycles. The van der Waals surface area contributed by atoms with E-state index in [-0.39, 0.29) is 12.3 Å². The minimum absolute atomic E-state index is 0.0292. The Morgan fingerprint density at radius 3 is 2.65 bits per heavy atom. The number of β-amino-alcohol motifs (C(OH)–C–C–N with tert-alkyl or cyclic N) is 1. The van der Waals surface area contributed by atoms with Crippen molar-refractivity contribution in [2.24, 2.45) is 5.92 Å². The molecule has 1 fully saturated rings. The Kier molecular flexibility index (Phi) is 4.76. The number of alkyl halides is 3. The number of halogens is 3. The third-order valence-electron chi connectivity index (χ3n) is 2.88. The molecule has 1 rings (SSSR count). The lowest BCUT2D eigenvalue weighted by molar-refractivity contribution is -0.209. The van der Waals surface area contributed by atoms with E-state index in [0.29, 0.717) is 25.9 Å². The molecule has 0 amide bonds. The van der Waals surface area contributed by atoms with Crippen LogP contribution in [0.2, 0.25) is 0 Å². The van der Waals surface area contributed by atoms with Gasteiger partial charge in [0.25, 0.3) is 0 Å². The fraction of sp³-hybridized carbons (Fsp3) is 0.900. The summed E-state index contributed by atoms with van der Waals surface area (Å²) in [6.07, 6.45) is -5.61. The maximum absolute atomic E-state index is 12.1. The van der Waals surface area contributed by atoms with E-state index in [1.165, 1.54) is 4.90 Å². The van der Waals surface area contributed by atoms with Gasteiger partial charge in [-0.3, -0.25) is 4.79 Å². The van der Waals surface area contributed by atoms with E-state index in [0.717, 1.165) is 0 Å². The summed E-state index contributed by atoms with van der Waals surface area (Å²) < 4.78 is 36.4. The molecule has 4 nitrogen and oxygen atoms in total. The van der Waals surface area contributed by atoms with Crippen LogP contribution in [0.4, 0.5) is 13.2 Å². The number of nitrogens with zero attached hydrogens (tertiary/aromatic N) is 1. The average molecular weight is 255 g/mol. The summed E-state index contributed by atoms with van der Waals surface area (Å²) in [7, 11) is 0. The second kappa shape index (κ2) is 5.68. The predicted molar refractivity (Wildman–Crippen MR) is 53.5 cm³/mol. The number of hydrogen-bond acceptors (Lipinski definition) is 3. The number of carboxylic acid groups (broad SMARTS) is 1. The Bertz CT molecular complexity index is 270. The van der Waals surface area contributed by atoms with Gasteiger partial charge < -0.3 is 15.1 Å². The van der Waals surface area contributed by atoms with Crippen molar-refractivity contribution in [2.45, 2.75) is 31.5 Å². The second-order valence-corrected chi connectivity index (χ2v) is 4.42. The van der Waals surface area contributed by atoms with Gasteiger partial charge >= 0.3 is 12.1 Å². The lowest BCUT2D eigenvalue weighted by atomic mass is 9.94. The quantitative estimate of drug-likeness (QED) is 0.789. The van der Waals surface area contributed by atoms with Gasteiger partial charge in [0.15, 0.2) is 6.10 Å². The molecule has 100 valence electrons. The van der Waals surface area contributed by atoms with E-state index >= 15 is 0 Å². The first-order valence-corrected chi connectivity index (χ1v) is 5.48. The van der Waals surface area contributed by atoms with Crippen molar-refractivity contribution in [1.82, 2.24) is 4.90 Å². The van der Waals surface area contributed by atoms with Gasteiger partial charge in [-0.15, -0.1) is 0 Å². The van der Waals surface area contributed by atoms with Crippen LogP contribution in [0.25, 0.3) is 0 Å². The van der Waals surface area contributed by atoms with Crippen LogP contribution in [-0.4, -0.2) is 53.0 Å². The van der Waals surface area contributed by atoms with Gasteiger partial charge in [-0.25, -0.2) is 0 Å². The van der Waals surface area contributed by atoms with E-state index in [1.54, 1.807) is 0 Å². The number of aliphatic hydroxyl groups is 1. The maximum atomic E-state index is 12.1. The average Bonchev–Trinajstić information content (AvgIpc) is 2.15. The summed E-state index contributed by atoms with van der Waals surface area (Å²) >= 11 is 0. The van der Waals surface area contributed by atoms with Crippen LogP contribution >= 0.6 is 0 Å². The minimum Gasteiger partial charge on any atom is -0.481 e. The topological polar surface area (TPSA) is 60.8 Å². The van der Waals surface area contributed by atoms with Crippen molar-refractivity contribution < 1.29 is 28.2 Å². The van der Waals surface area contributed by atoms with Crippen LogP contribution in [0.1, 0.15) is 19.3 Å². The fourth-order valence-corrected chi connectivity index (χ4v) is 2.08. The van der Waals surface area contributed by atoms with Crippen LogP contribution in [0, 0.1) is 5.92 Å². The van der Waals surface area contributed by atoms with Crippen LogP contribution in [0.15, 0.2) is 0 Å². The molecule has 0 aliphatic carbocycles. The summed E-state index contributed by atoms with van der Waals surface area (Å²) in [5, 5.41) is 17.5. The molecule has 2 N–H and O–H groups in total. The summed E-state index contributed by atoms with van der Waals surface area (Å²) in [4.78, 5) is 12.0. The van der Waals surface area contributed by atoms with Crippen LogP contribution < -0.4 is 0 Å². The highest BCUT2D eigenvalue weighted by Gasteiger charge is 2.39. The van der Waals surface area contributed by atoms with Crippen LogP contribution in [0.3, 0.4) is 0 Å². The van der Waals surface area contributed by atoms with E-state index in [4.69, 9.17) is 10.2 Å². The number of aliphatic carboxylic acids is 1. The molecular formula is C10H16F3NO3. The van der Waals surface area contributed by atoms with Crippen molar-refractivity contribution in [3.05, 3.63) is 0 Å². The van der Waals surface area contributed by atoms with Gasteiger partial charge in [0, 0.05) is 19.5 Å². The minimum atomic E-state index is -4.61. The molecule has 1 heterocycles. The molecule has 1 saturated heterocycles. The van der Waals surface area contributed by atoms with Crippen molar-refractivity contribution >= 4 is 5.97 Å². The largest absolute Gasteiger partial charge is 0.481 e. The number of rotatable bonds is 4. The van der Waals surface area contributed by atoms with Crippen molar-refractivity contribution in [2.75, 3.05) is 19.6 Å². The summed E-state index contributed by atoms with van der Waals surface area (Å²) in [5.74, 6) is -1.06. The zero-order chi connectivity index (χ0) is 13.1. The summed E-state index contributed by atoms with van der Waals surface area (Å²) in [6.45, 7) is 0.308. The molecule has 0 aromatic rings. The molecule has 1 aliphatic heterocycles. The molecule has 17 heavy (non-hydrogen) atoms. The summed E-state index contributed by atoms with van der Waals surface area (Å²) in [6, 6.07) is 0. The first-order valence-electron chi connectivity index (χ1n) is 5.48. The Morgan fingerprint density at radius 1 is 1.47 bits per heavy atom. The zero-order valence-electron chi connectivity index (χ0n) is 9.28. The zero-order valence-corrected chi connectivity index (χ0v) is 9.28. The lowest BCUT2D eigenvalue weighted by Crippen LogP contribution is -2.45. The van der Waals surface area contributed by atoms with E-state index < -0.39 is 24.8 Å².